The van der Waals surface area contributed by atoms with E-state index < -0.39 is 30.0 Å². The number of aliphatic carboxylic acids is 1. The van der Waals surface area contributed by atoms with Crippen molar-refractivity contribution in [2.24, 2.45) is 5.92 Å². The van der Waals surface area contributed by atoms with Gasteiger partial charge in [0, 0.05) is 24.9 Å². The Morgan fingerprint density at radius 1 is 1.29 bits per heavy atom. The number of nitrogens with one attached hydrogen (secondary N) is 1. The SMILES string of the molecule is CC(C)C(NC(=O)CCC(=O)O[C@H]1C=C[C@@]23CCN(C)Cc4ccc(O)c(c42)O[C@H]3C1)C(=O)O. The van der Waals surface area contributed by atoms with Crippen molar-refractivity contribution < 1.29 is 34.1 Å². The molecule has 34 heavy (non-hydrogen) atoms. The molecule has 1 unspecified atom stereocenters. The minimum absolute atomic E-state index is 0.117. The third-order valence-electron chi connectivity index (χ3n) is 7.01. The van der Waals surface area contributed by atoms with Crippen molar-refractivity contribution in [2.75, 3.05) is 13.6 Å². The summed E-state index contributed by atoms with van der Waals surface area (Å²) >= 11 is 0. The van der Waals surface area contributed by atoms with Gasteiger partial charge in [-0.25, -0.2) is 4.79 Å². The van der Waals surface area contributed by atoms with Gasteiger partial charge in [0.25, 0.3) is 0 Å². The molecule has 2 aliphatic heterocycles. The first kappa shape index (κ1) is 24.1. The van der Waals surface area contributed by atoms with Crippen LogP contribution < -0.4 is 10.1 Å². The van der Waals surface area contributed by atoms with Crippen molar-refractivity contribution in [1.82, 2.24) is 10.2 Å². The number of carbonyl (C=O) groups excluding carboxylic acids is 2. The van der Waals surface area contributed by atoms with E-state index in [1.807, 2.05) is 12.1 Å². The molecule has 0 radical (unpaired) electrons. The molecule has 1 aromatic carbocycles. The molecule has 0 saturated heterocycles. The van der Waals surface area contributed by atoms with Gasteiger partial charge in [-0.15, -0.1) is 0 Å². The van der Waals surface area contributed by atoms with E-state index in [4.69, 9.17) is 9.47 Å². The maximum atomic E-state index is 12.4. The summed E-state index contributed by atoms with van der Waals surface area (Å²) in [7, 11) is 2.07. The van der Waals surface area contributed by atoms with Gasteiger partial charge < -0.3 is 29.9 Å². The second kappa shape index (κ2) is 9.29. The summed E-state index contributed by atoms with van der Waals surface area (Å²) in [4.78, 5) is 38.0. The van der Waals surface area contributed by atoms with Crippen LogP contribution in [0.15, 0.2) is 24.3 Å². The van der Waals surface area contributed by atoms with Crippen molar-refractivity contribution in [2.45, 2.75) is 69.7 Å². The Morgan fingerprint density at radius 3 is 2.76 bits per heavy atom. The van der Waals surface area contributed by atoms with Crippen LogP contribution in [0.3, 0.4) is 0 Å². The maximum Gasteiger partial charge on any atom is 0.326 e. The number of esters is 1. The Morgan fingerprint density at radius 2 is 2.06 bits per heavy atom. The summed E-state index contributed by atoms with van der Waals surface area (Å²) in [6, 6.07) is 2.61. The fourth-order valence-electron chi connectivity index (χ4n) is 5.20. The number of carboxylic acids is 1. The Hall–Kier alpha value is -3.07. The molecule has 1 amide bonds. The molecule has 0 aromatic heterocycles. The molecule has 0 fully saturated rings. The molecule has 4 atom stereocenters. The Labute approximate surface area is 198 Å². The van der Waals surface area contributed by atoms with Gasteiger partial charge in [-0.2, -0.15) is 0 Å². The van der Waals surface area contributed by atoms with Crippen molar-refractivity contribution in [1.29, 1.82) is 0 Å². The molecule has 3 aliphatic rings. The van der Waals surface area contributed by atoms with E-state index in [9.17, 15) is 24.6 Å². The largest absolute Gasteiger partial charge is 0.504 e. The molecule has 1 spiro atoms. The highest BCUT2D eigenvalue weighted by molar-refractivity contribution is 5.86. The molecule has 1 aromatic rings. The van der Waals surface area contributed by atoms with Gasteiger partial charge in [-0.1, -0.05) is 26.0 Å². The lowest BCUT2D eigenvalue weighted by atomic mass is 9.69. The summed E-state index contributed by atoms with van der Waals surface area (Å²) in [5.41, 5.74) is 1.78. The molecule has 0 saturated carbocycles. The zero-order valence-electron chi connectivity index (χ0n) is 19.7. The Bertz CT molecular complexity index is 1020. The summed E-state index contributed by atoms with van der Waals surface area (Å²) in [6.07, 6.45) is 4.14. The Kier molecular flexibility index (Phi) is 6.58. The number of rotatable bonds is 7. The monoisotopic (exact) mass is 472 g/mol. The summed E-state index contributed by atoms with van der Waals surface area (Å²) in [5.74, 6) is -1.78. The van der Waals surface area contributed by atoms with Crippen LogP contribution in [-0.2, 0) is 31.1 Å². The predicted molar refractivity (Wildman–Crippen MR) is 122 cm³/mol. The van der Waals surface area contributed by atoms with Crippen LogP contribution in [0.25, 0.3) is 0 Å². The normalized spacial score (nSPS) is 26.1. The first-order valence-electron chi connectivity index (χ1n) is 11.7. The third kappa shape index (κ3) is 4.49. The fraction of sp³-hybridized carbons (Fsp3) is 0.560. The third-order valence-corrected chi connectivity index (χ3v) is 7.01. The number of ether oxygens (including phenoxy) is 2. The highest BCUT2D eigenvalue weighted by atomic mass is 16.5. The van der Waals surface area contributed by atoms with Gasteiger partial charge >= 0.3 is 11.9 Å². The van der Waals surface area contributed by atoms with Crippen molar-refractivity contribution in [3.05, 3.63) is 35.4 Å². The highest BCUT2D eigenvalue weighted by Gasteiger charge is 2.53. The predicted octanol–water partition coefficient (Wildman–Crippen LogP) is 2.10. The lowest BCUT2D eigenvalue weighted by molar-refractivity contribution is -0.149. The van der Waals surface area contributed by atoms with Gasteiger partial charge in [-0.05, 0) is 43.6 Å². The van der Waals surface area contributed by atoms with E-state index in [1.165, 1.54) is 0 Å². The zero-order chi connectivity index (χ0) is 24.6. The molecule has 0 bridgehead atoms. The summed E-state index contributed by atoms with van der Waals surface area (Å²) in [5, 5.41) is 22.1. The van der Waals surface area contributed by atoms with Crippen LogP contribution in [0.2, 0.25) is 0 Å². The number of phenolic OH excluding ortho intramolecular Hbond substituents is 1. The molecule has 184 valence electrons. The van der Waals surface area contributed by atoms with Crippen molar-refractivity contribution in [3.8, 4) is 11.5 Å². The Balaban J connectivity index is 1.40. The number of hydrogen-bond donors (Lipinski definition) is 3. The van der Waals surface area contributed by atoms with E-state index in [0.29, 0.717) is 12.2 Å². The number of amides is 1. The first-order chi connectivity index (χ1) is 16.1. The molecule has 2 heterocycles. The van der Waals surface area contributed by atoms with Gasteiger partial charge in [0.15, 0.2) is 11.5 Å². The smallest absolute Gasteiger partial charge is 0.326 e. The van der Waals surface area contributed by atoms with Crippen LogP contribution in [0.1, 0.15) is 50.7 Å². The number of aromatic hydroxyl groups is 1. The first-order valence-corrected chi connectivity index (χ1v) is 11.7. The second-order valence-corrected chi connectivity index (χ2v) is 9.83. The van der Waals surface area contributed by atoms with Gasteiger partial charge in [0.05, 0.1) is 11.8 Å². The van der Waals surface area contributed by atoms with Crippen molar-refractivity contribution >= 4 is 17.8 Å². The van der Waals surface area contributed by atoms with Crippen LogP contribution in [0.5, 0.6) is 11.5 Å². The quantitative estimate of drug-likeness (QED) is 0.407. The lowest BCUT2D eigenvalue weighted by Gasteiger charge is -2.36. The van der Waals surface area contributed by atoms with Gasteiger partial charge in [0.1, 0.15) is 18.2 Å². The molecule has 3 N–H and O–H groups in total. The molecular formula is C25H32N2O7. The van der Waals surface area contributed by atoms with E-state index >= 15 is 0 Å². The second-order valence-electron chi connectivity index (χ2n) is 9.83. The molecule has 9 heteroatoms. The number of carboxylic acid groups (broad SMARTS) is 1. The molecular weight excluding hydrogens is 440 g/mol. The fourth-order valence-corrected chi connectivity index (χ4v) is 5.20. The van der Waals surface area contributed by atoms with E-state index in [-0.39, 0.29) is 36.0 Å². The standard InChI is InChI=1S/C25H32N2O7/c1-14(2)22(24(31)32)26-19(29)6-7-20(30)33-16-8-9-25-10-11-27(3)13-15-4-5-17(28)23(21(15)25)34-18(25)12-16/h4-5,8-9,14,16,18,22,28H,6-7,10-13H2,1-3H3,(H,26,29)(H,31,32)/t16-,18-,22?,25-/m0/s1. The zero-order valence-corrected chi connectivity index (χ0v) is 19.7. The van der Waals surface area contributed by atoms with Crippen LogP contribution in [-0.4, -0.2) is 64.8 Å². The number of carbonyl (C=O) groups is 3. The topological polar surface area (TPSA) is 125 Å². The average molecular weight is 473 g/mol. The van der Waals surface area contributed by atoms with E-state index in [2.05, 4.69) is 23.3 Å². The number of hydrogen-bond acceptors (Lipinski definition) is 7. The molecule has 9 nitrogen and oxygen atoms in total. The number of phenols is 1. The van der Waals surface area contributed by atoms with Crippen LogP contribution in [0, 0.1) is 5.92 Å². The highest BCUT2D eigenvalue weighted by Crippen LogP contribution is 2.55. The van der Waals surface area contributed by atoms with E-state index in [0.717, 1.165) is 30.6 Å². The van der Waals surface area contributed by atoms with Crippen molar-refractivity contribution in [3.63, 3.8) is 0 Å². The molecule has 1 aliphatic carbocycles. The van der Waals surface area contributed by atoms with Crippen LogP contribution >= 0.6 is 0 Å². The maximum absolute atomic E-state index is 12.4. The minimum atomic E-state index is -1.11. The summed E-state index contributed by atoms with van der Waals surface area (Å²) in [6.45, 7) is 5.04. The van der Waals surface area contributed by atoms with Gasteiger partial charge in [0.2, 0.25) is 5.91 Å². The average Bonchev–Trinajstić information content (AvgIpc) is 3.04. The van der Waals surface area contributed by atoms with Gasteiger partial charge in [-0.3, -0.25) is 9.59 Å². The van der Waals surface area contributed by atoms with Crippen LogP contribution in [0.4, 0.5) is 0 Å². The molecule has 4 rings (SSSR count). The minimum Gasteiger partial charge on any atom is -0.504 e. The summed E-state index contributed by atoms with van der Waals surface area (Å²) < 4.78 is 11.8. The number of nitrogens with zero attached hydrogens (tertiary/aromatic N) is 1. The van der Waals surface area contributed by atoms with E-state index in [1.54, 1.807) is 19.9 Å². The lowest BCUT2D eigenvalue weighted by Crippen LogP contribution is -2.44. The number of benzene rings is 1.